The summed E-state index contributed by atoms with van der Waals surface area (Å²) in [6, 6.07) is 11.8. The van der Waals surface area contributed by atoms with Crippen LogP contribution in [0, 0.1) is 0 Å². The predicted molar refractivity (Wildman–Crippen MR) is 136 cm³/mol. The molecule has 0 aliphatic carbocycles. The average Bonchev–Trinajstić information content (AvgIpc) is 2.88. The lowest BCUT2D eigenvalue weighted by atomic mass is 9.87. The zero-order valence-electron chi connectivity index (χ0n) is 20.9. The van der Waals surface area contributed by atoms with Crippen molar-refractivity contribution in [3.63, 3.8) is 0 Å². The van der Waals surface area contributed by atoms with Gasteiger partial charge in [-0.05, 0) is 41.7 Å². The number of anilines is 1. The molecule has 11 heteroatoms. The van der Waals surface area contributed by atoms with Crippen LogP contribution in [0.15, 0.2) is 53.7 Å². The number of sulfonamides is 1. The molecule has 1 aromatic heterocycles. The summed E-state index contributed by atoms with van der Waals surface area (Å²) in [5, 5.41) is 0. The molecule has 2 aromatic carbocycles. The van der Waals surface area contributed by atoms with E-state index in [1.165, 1.54) is 6.33 Å². The number of ether oxygens (including phenoxy) is 4. The fourth-order valence-corrected chi connectivity index (χ4v) is 4.53. The number of rotatable bonds is 10. The second-order valence-corrected chi connectivity index (χ2v) is 11.0. The van der Waals surface area contributed by atoms with Gasteiger partial charge < -0.3 is 23.7 Å². The number of nitrogens with one attached hydrogen (secondary N) is 1. The molecule has 0 atom stereocenters. The first-order chi connectivity index (χ1) is 17.7. The van der Waals surface area contributed by atoms with Crippen LogP contribution in [0.4, 0.5) is 5.82 Å². The van der Waals surface area contributed by atoms with Crippen molar-refractivity contribution in [1.82, 2.24) is 9.97 Å². The number of aromatic nitrogens is 2. The monoisotopic (exact) mass is 527 g/mol. The largest absolute Gasteiger partial charge is 0.486 e. The highest BCUT2D eigenvalue weighted by Gasteiger charge is 2.25. The molecular weight excluding hydrogens is 498 g/mol. The zero-order valence-corrected chi connectivity index (χ0v) is 21.7. The van der Waals surface area contributed by atoms with Gasteiger partial charge >= 0.3 is 0 Å². The van der Waals surface area contributed by atoms with Crippen LogP contribution in [0.3, 0.4) is 0 Å². The summed E-state index contributed by atoms with van der Waals surface area (Å²) in [4.78, 5) is 19.0. The standard InChI is InChI=1S/C26H29N3O7S/c1-26(2,3)18-9-11-19(12-10-18)37(31,32)29-24-23(25(28-17-27-24)35-14-5-4-13-30)36-21-8-6-7-20-22(21)34-16-15-33-20/h6-13,17H,4-5,14-16H2,1-3H3,(H,27,28,29). The van der Waals surface area contributed by atoms with Gasteiger partial charge in [0.15, 0.2) is 17.3 Å². The third kappa shape index (κ3) is 6.29. The van der Waals surface area contributed by atoms with Gasteiger partial charge in [-0.3, -0.25) is 4.72 Å². The molecule has 1 N–H and O–H groups in total. The van der Waals surface area contributed by atoms with E-state index in [1.54, 1.807) is 42.5 Å². The summed E-state index contributed by atoms with van der Waals surface area (Å²) in [6.07, 6.45) is 2.72. The van der Waals surface area contributed by atoms with Gasteiger partial charge in [0.2, 0.25) is 11.5 Å². The van der Waals surface area contributed by atoms with Crippen molar-refractivity contribution in [3.05, 3.63) is 54.4 Å². The Hall–Kier alpha value is -3.86. The summed E-state index contributed by atoms with van der Waals surface area (Å²) in [5.74, 6) is 0.989. The third-order valence-electron chi connectivity index (χ3n) is 5.48. The normalized spacial score (nSPS) is 13.1. The molecule has 0 spiro atoms. The SMILES string of the molecule is CC(C)(C)c1ccc(S(=O)(=O)Nc2ncnc(OCCCC=O)c2Oc2cccc3c2OCCO3)cc1. The molecule has 1 aliphatic rings. The average molecular weight is 528 g/mol. The molecule has 10 nitrogen and oxygen atoms in total. The maximum absolute atomic E-state index is 13.3. The number of carbonyl (C=O) groups excluding carboxylic acids is 1. The zero-order chi connectivity index (χ0) is 26.5. The number of aldehydes is 1. The highest BCUT2D eigenvalue weighted by Crippen LogP contribution is 2.44. The minimum Gasteiger partial charge on any atom is -0.486 e. The Morgan fingerprint density at radius 2 is 1.81 bits per heavy atom. The smallest absolute Gasteiger partial charge is 0.263 e. The van der Waals surface area contributed by atoms with E-state index in [-0.39, 0.29) is 40.1 Å². The molecule has 0 radical (unpaired) electrons. The maximum atomic E-state index is 13.3. The van der Waals surface area contributed by atoms with Crippen molar-refractivity contribution in [1.29, 1.82) is 0 Å². The predicted octanol–water partition coefficient (Wildman–Crippen LogP) is 4.50. The second kappa shape index (κ2) is 11.0. The van der Waals surface area contributed by atoms with Crippen molar-refractivity contribution < 1.29 is 32.2 Å². The van der Waals surface area contributed by atoms with Crippen LogP contribution in [-0.4, -0.2) is 44.5 Å². The molecule has 0 bridgehead atoms. The van der Waals surface area contributed by atoms with E-state index in [4.69, 9.17) is 18.9 Å². The van der Waals surface area contributed by atoms with Crippen molar-refractivity contribution in [2.75, 3.05) is 24.5 Å². The van der Waals surface area contributed by atoms with E-state index >= 15 is 0 Å². The van der Waals surface area contributed by atoms with Gasteiger partial charge in [0.25, 0.3) is 15.9 Å². The van der Waals surface area contributed by atoms with Gasteiger partial charge in [0.1, 0.15) is 25.8 Å². The Labute approximate surface area is 216 Å². The molecule has 196 valence electrons. The van der Waals surface area contributed by atoms with E-state index in [1.807, 2.05) is 20.8 Å². The minimum atomic E-state index is -4.03. The van der Waals surface area contributed by atoms with Crippen LogP contribution in [0.5, 0.6) is 28.9 Å². The Balaban J connectivity index is 1.68. The minimum absolute atomic E-state index is 0.0102. The molecule has 2 heterocycles. The molecule has 4 rings (SSSR count). The van der Waals surface area contributed by atoms with Gasteiger partial charge in [0, 0.05) is 6.42 Å². The number of unbranched alkanes of at least 4 members (excludes halogenated alkanes) is 1. The van der Waals surface area contributed by atoms with Crippen LogP contribution in [0.25, 0.3) is 0 Å². The van der Waals surface area contributed by atoms with E-state index in [0.717, 1.165) is 11.8 Å². The first-order valence-corrected chi connectivity index (χ1v) is 13.3. The molecule has 3 aromatic rings. The number of hydrogen-bond acceptors (Lipinski definition) is 9. The fraction of sp³-hybridized carbons (Fsp3) is 0.346. The van der Waals surface area contributed by atoms with Crippen LogP contribution >= 0.6 is 0 Å². The first kappa shape index (κ1) is 26.2. The molecule has 0 saturated heterocycles. The number of carbonyl (C=O) groups is 1. The van der Waals surface area contributed by atoms with Crippen LogP contribution in [0.1, 0.15) is 39.2 Å². The number of fused-ring (bicyclic) bond motifs is 1. The quantitative estimate of drug-likeness (QED) is 0.300. The van der Waals surface area contributed by atoms with E-state index < -0.39 is 10.0 Å². The van der Waals surface area contributed by atoms with Crippen LogP contribution in [-0.2, 0) is 20.2 Å². The Kier molecular flexibility index (Phi) is 7.82. The van der Waals surface area contributed by atoms with Crippen molar-refractivity contribution in [2.24, 2.45) is 0 Å². The molecular formula is C26H29N3O7S. The molecule has 1 aliphatic heterocycles. The summed E-state index contributed by atoms with van der Waals surface area (Å²) in [6.45, 7) is 7.04. The lowest BCUT2D eigenvalue weighted by Gasteiger charge is -2.22. The number of para-hydroxylation sites is 1. The van der Waals surface area contributed by atoms with Gasteiger partial charge in [-0.2, -0.15) is 4.98 Å². The highest BCUT2D eigenvalue weighted by molar-refractivity contribution is 7.92. The summed E-state index contributed by atoms with van der Waals surface area (Å²) in [7, 11) is -4.03. The van der Waals surface area contributed by atoms with E-state index in [2.05, 4.69) is 14.7 Å². The van der Waals surface area contributed by atoms with Crippen molar-refractivity contribution >= 4 is 22.1 Å². The number of nitrogens with zero attached hydrogens (tertiary/aromatic N) is 2. The lowest BCUT2D eigenvalue weighted by Crippen LogP contribution is -2.17. The summed E-state index contributed by atoms with van der Waals surface area (Å²) < 4.78 is 52.2. The van der Waals surface area contributed by atoms with E-state index in [0.29, 0.717) is 37.6 Å². The van der Waals surface area contributed by atoms with Gasteiger partial charge in [-0.15, -0.1) is 0 Å². The number of hydrogen-bond donors (Lipinski definition) is 1. The van der Waals surface area contributed by atoms with Crippen molar-refractivity contribution in [3.8, 4) is 28.9 Å². The molecule has 0 saturated carbocycles. The summed E-state index contributed by atoms with van der Waals surface area (Å²) in [5.41, 5.74) is 0.875. The molecule has 0 unspecified atom stereocenters. The van der Waals surface area contributed by atoms with Gasteiger partial charge in [0.05, 0.1) is 11.5 Å². The highest BCUT2D eigenvalue weighted by atomic mass is 32.2. The topological polar surface area (TPSA) is 126 Å². The lowest BCUT2D eigenvalue weighted by molar-refractivity contribution is -0.108. The number of benzene rings is 2. The molecule has 0 fully saturated rings. The van der Waals surface area contributed by atoms with E-state index in [9.17, 15) is 13.2 Å². The Bertz CT molecular complexity index is 1350. The second-order valence-electron chi connectivity index (χ2n) is 9.28. The third-order valence-corrected chi connectivity index (χ3v) is 6.83. The maximum Gasteiger partial charge on any atom is 0.263 e. The fourth-order valence-electron chi connectivity index (χ4n) is 3.52. The molecule has 37 heavy (non-hydrogen) atoms. The Morgan fingerprint density at radius 1 is 1.05 bits per heavy atom. The molecule has 0 amide bonds. The van der Waals surface area contributed by atoms with Crippen LogP contribution in [0.2, 0.25) is 0 Å². The van der Waals surface area contributed by atoms with Crippen LogP contribution < -0.4 is 23.7 Å². The van der Waals surface area contributed by atoms with Gasteiger partial charge in [-0.25, -0.2) is 13.4 Å². The van der Waals surface area contributed by atoms with Gasteiger partial charge in [-0.1, -0.05) is 39.0 Å². The first-order valence-electron chi connectivity index (χ1n) is 11.8. The van der Waals surface area contributed by atoms with Crippen molar-refractivity contribution in [2.45, 2.75) is 43.9 Å². The Morgan fingerprint density at radius 3 is 2.54 bits per heavy atom. The summed E-state index contributed by atoms with van der Waals surface area (Å²) >= 11 is 0.